The van der Waals surface area contributed by atoms with Gasteiger partial charge in [0.15, 0.2) is 5.78 Å². The smallest absolute Gasteiger partial charge is 0.163 e. The van der Waals surface area contributed by atoms with Crippen molar-refractivity contribution in [2.45, 2.75) is 64.8 Å². The van der Waals surface area contributed by atoms with Gasteiger partial charge in [-0.05, 0) is 68.3 Å². The molecule has 2 heteroatoms. The summed E-state index contributed by atoms with van der Waals surface area (Å²) in [5, 5.41) is 0. The Balaban J connectivity index is 1.74. The fourth-order valence-corrected chi connectivity index (χ4v) is 4.43. The molecule has 0 bridgehead atoms. The van der Waals surface area contributed by atoms with Crippen LogP contribution in [0.1, 0.15) is 66.6 Å². The molecule has 2 nitrogen and oxygen atoms in total. The Morgan fingerprint density at radius 1 is 1.00 bits per heavy atom. The van der Waals surface area contributed by atoms with Crippen molar-refractivity contribution in [1.29, 1.82) is 0 Å². The maximum atomic E-state index is 13.0. The zero-order valence-corrected chi connectivity index (χ0v) is 16.9. The van der Waals surface area contributed by atoms with Gasteiger partial charge in [0.1, 0.15) is 0 Å². The summed E-state index contributed by atoms with van der Waals surface area (Å²) in [6.07, 6.45) is 7.16. The number of benzene rings is 2. The maximum Gasteiger partial charge on any atom is 0.163 e. The Hall–Kier alpha value is -1.93. The summed E-state index contributed by atoms with van der Waals surface area (Å²) in [6, 6.07) is 17.3. The lowest BCUT2D eigenvalue weighted by atomic mass is 9.83. The number of rotatable bonds is 9. The summed E-state index contributed by atoms with van der Waals surface area (Å²) in [4.78, 5) is 15.7. The molecule has 0 amide bonds. The van der Waals surface area contributed by atoms with Gasteiger partial charge in [-0.2, -0.15) is 0 Å². The third kappa shape index (κ3) is 5.07. The Labute approximate surface area is 164 Å². The van der Waals surface area contributed by atoms with Gasteiger partial charge in [-0.25, -0.2) is 0 Å². The van der Waals surface area contributed by atoms with Crippen LogP contribution in [0.5, 0.6) is 0 Å². The highest BCUT2D eigenvalue weighted by molar-refractivity contribution is 5.98. The average molecular weight is 364 g/mol. The first-order valence-corrected chi connectivity index (χ1v) is 10.6. The second kappa shape index (κ2) is 9.85. The van der Waals surface area contributed by atoms with Crippen LogP contribution >= 0.6 is 0 Å². The van der Waals surface area contributed by atoms with Gasteiger partial charge >= 0.3 is 0 Å². The van der Waals surface area contributed by atoms with E-state index >= 15 is 0 Å². The molecule has 0 radical (unpaired) electrons. The lowest BCUT2D eigenvalue weighted by molar-refractivity contribution is 0.0980. The number of nitrogens with zero attached hydrogens (tertiary/aromatic N) is 1. The molecule has 0 fully saturated rings. The van der Waals surface area contributed by atoms with E-state index < -0.39 is 0 Å². The Kier molecular flexibility index (Phi) is 7.23. The third-order valence-electron chi connectivity index (χ3n) is 5.78. The van der Waals surface area contributed by atoms with Crippen molar-refractivity contribution in [3.8, 4) is 0 Å². The molecule has 0 spiro atoms. The van der Waals surface area contributed by atoms with E-state index in [2.05, 4.69) is 49.1 Å². The molecule has 0 saturated carbocycles. The molecule has 1 unspecified atom stereocenters. The largest absolute Gasteiger partial charge is 0.300 e. The van der Waals surface area contributed by atoms with Crippen molar-refractivity contribution in [1.82, 2.24) is 4.90 Å². The molecule has 2 aromatic rings. The molecule has 0 heterocycles. The molecular formula is C25H33NO. The first kappa shape index (κ1) is 19.8. The average Bonchev–Trinajstić information content (AvgIpc) is 2.72. The van der Waals surface area contributed by atoms with Crippen molar-refractivity contribution in [2.75, 3.05) is 13.1 Å². The Morgan fingerprint density at radius 2 is 1.74 bits per heavy atom. The van der Waals surface area contributed by atoms with Crippen LogP contribution in [0, 0.1) is 0 Å². The SMILES string of the molecule is CCCN(CCC)C1CCc2cccc(C(=O)CCc3ccccc3)c2C1. The molecule has 144 valence electrons. The van der Waals surface area contributed by atoms with Crippen LogP contribution < -0.4 is 0 Å². The number of fused-ring (bicyclic) bond motifs is 1. The third-order valence-corrected chi connectivity index (χ3v) is 5.78. The zero-order chi connectivity index (χ0) is 19.1. The number of hydrogen-bond donors (Lipinski definition) is 0. The summed E-state index contributed by atoms with van der Waals surface area (Å²) >= 11 is 0. The predicted octanol–water partition coefficient (Wildman–Crippen LogP) is 5.48. The summed E-state index contributed by atoms with van der Waals surface area (Å²) in [6.45, 7) is 6.85. The molecule has 1 atom stereocenters. The number of carbonyl (C=O) groups excluding carboxylic acids is 1. The normalized spacial score (nSPS) is 16.3. The van der Waals surface area contributed by atoms with Gasteiger partial charge in [0.2, 0.25) is 0 Å². The second-order valence-electron chi connectivity index (χ2n) is 7.78. The minimum atomic E-state index is 0.300. The van der Waals surface area contributed by atoms with E-state index in [1.54, 1.807) is 0 Å². The molecule has 2 aromatic carbocycles. The van der Waals surface area contributed by atoms with Gasteiger partial charge in [0, 0.05) is 18.0 Å². The van der Waals surface area contributed by atoms with E-state index in [1.165, 1.54) is 36.0 Å². The number of ketones is 1. The molecule has 27 heavy (non-hydrogen) atoms. The van der Waals surface area contributed by atoms with Crippen molar-refractivity contribution in [2.24, 2.45) is 0 Å². The lowest BCUT2D eigenvalue weighted by Gasteiger charge is -2.35. The van der Waals surface area contributed by atoms with Crippen LogP contribution in [0.15, 0.2) is 48.5 Å². The van der Waals surface area contributed by atoms with Gasteiger partial charge in [0.25, 0.3) is 0 Å². The molecule has 3 rings (SSSR count). The van der Waals surface area contributed by atoms with E-state index in [0.29, 0.717) is 18.2 Å². The molecule has 0 aliphatic heterocycles. The van der Waals surface area contributed by atoms with Crippen molar-refractivity contribution >= 4 is 5.78 Å². The zero-order valence-electron chi connectivity index (χ0n) is 16.9. The van der Waals surface area contributed by atoms with Crippen LogP contribution in [0.4, 0.5) is 0 Å². The first-order chi connectivity index (χ1) is 13.2. The fraction of sp³-hybridized carbons (Fsp3) is 0.480. The second-order valence-corrected chi connectivity index (χ2v) is 7.78. The van der Waals surface area contributed by atoms with E-state index in [-0.39, 0.29) is 0 Å². The highest BCUT2D eigenvalue weighted by Gasteiger charge is 2.26. The number of Topliss-reactive ketones (excluding diaryl/α,β-unsaturated/α-hetero) is 1. The van der Waals surface area contributed by atoms with Gasteiger partial charge in [-0.15, -0.1) is 0 Å². The van der Waals surface area contributed by atoms with Crippen LogP contribution in [0.25, 0.3) is 0 Å². The van der Waals surface area contributed by atoms with Crippen LogP contribution in [-0.4, -0.2) is 29.8 Å². The van der Waals surface area contributed by atoms with Crippen molar-refractivity contribution in [3.63, 3.8) is 0 Å². The molecule has 0 saturated heterocycles. The minimum absolute atomic E-state index is 0.300. The predicted molar refractivity (Wildman–Crippen MR) is 114 cm³/mol. The minimum Gasteiger partial charge on any atom is -0.300 e. The fourth-order valence-electron chi connectivity index (χ4n) is 4.43. The van der Waals surface area contributed by atoms with Crippen LogP contribution in [-0.2, 0) is 19.3 Å². The highest BCUT2D eigenvalue weighted by Crippen LogP contribution is 2.28. The summed E-state index contributed by atoms with van der Waals surface area (Å²) in [7, 11) is 0. The standard InChI is InChI=1S/C25H33NO/c1-3-17-26(18-4-2)22-15-14-21-11-8-12-23(24(21)19-22)25(27)16-13-20-9-6-5-7-10-20/h5-12,22H,3-4,13-19H2,1-2H3. The first-order valence-electron chi connectivity index (χ1n) is 10.6. The summed E-state index contributed by atoms with van der Waals surface area (Å²) < 4.78 is 0. The van der Waals surface area contributed by atoms with E-state index in [9.17, 15) is 4.79 Å². The summed E-state index contributed by atoms with van der Waals surface area (Å²) in [5.41, 5.74) is 4.93. The topological polar surface area (TPSA) is 20.3 Å². The van der Waals surface area contributed by atoms with Gasteiger partial charge in [-0.1, -0.05) is 62.4 Å². The van der Waals surface area contributed by atoms with Crippen LogP contribution in [0.3, 0.4) is 0 Å². The van der Waals surface area contributed by atoms with Gasteiger partial charge in [-0.3, -0.25) is 4.79 Å². The quantitative estimate of drug-likeness (QED) is 0.550. The van der Waals surface area contributed by atoms with Crippen LogP contribution in [0.2, 0.25) is 0 Å². The number of hydrogen-bond acceptors (Lipinski definition) is 2. The Morgan fingerprint density at radius 3 is 2.44 bits per heavy atom. The van der Waals surface area contributed by atoms with E-state index in [4.69, 9.17) is 0 Å². The molecule has 0 aromatic heterocycles. The molecule has 1 aliphatic carbocycles. The highest BCUT2D eigenvalue weighted by atomic mass is 16.1. The van der Waals surface area contributed by atoms with Crippen molar-refractivity contribution < 1.29 is 4.79 Å². The molecular weight excluding hydrogens is 330 g/mol. The maximum absolute atomic E-state index is 13.0. The Bertz CT molecular complexity index is 731. The summed E-state index contributed by atoms with van der Waals surface area (Å²) in [5.74, 6) is 0.300. The molecule has 0 N–H and O–H groups in total. The molecule has 1 aliphatic rings. The monoisotopic (exact) mass is 363 g/mol. The van der Waals surface area contributed by atoms with Gasteiger partial charge < -0.3 is 4.90 Å². The van der Waals surface area contributed by atoms with Crippen molar-refractivity contribution in [3.05, 3.63) is 70.8 Å². The van der Waals surface area contributed by atoms with E-state index in [0.717, 1.165) is 37.9 Å². The number of aryl methyl sites for hydroxylation is 2. The van der Waals surface area contributed by atoms with E-state index in [1.807, 2.05) is 18.2 Å². The van der Waals surface area contributed by atoms with Gasteiger partial charge in [0.05, 0.1) is 0 Å². The number of carbonyl (C=O) groups is 1. The lowest BCUT2D eigenvalue weighted by Crippen LogP contribution is -2.40.